The summed E-state index contributed by atoms with van der Waals surface area (Å²) in [5, 5.41) is 0. The smallest absolute Gasteiger partial charge is 0.137 e. The van der Waals surface area contributed by atoms with Crippen molar-refractivity contribution in [2.24, 2.45) is 5.84 Å². The van der Waals surface area contributed by atoms with Crippen molar-refractivity contribution in [2.45, 2.75) is 12.5 Å². The number of nitrogens with two attached hydrogens (primary N) is 1. The average Bonchev–Trinajstić information content (AvgIpc) is 2.41. The molecular formula is C13H11Br3FN3. The van der Waals surface area contributed by atoms with Crippen molar-refractivity contribution in [3.8, 4) is 0 Å². The molecule has 3 nitrogen and oxygen atoms in total. The molecule has 0 bridgehead atoms. The summed E-state index contributed by atoms with van der Waals surface area (Å²) < 4.78 is 15.4. The van der Waals surface area contributed by atoms with Gasteiger partial charge in [-0.25, -0.2) is 4.39 Å². The Labute approximate surface area is 141 Å². The van der Waals surface area contributed by atoms with E-state index >= 15 is 0 Å². The van der Waals surface area contributed by atoms with Gasteiger partial charge in [-0.2, -0.15) is 0 Å². The van der Waals surface area contributed by atoms with E-state index in [0.29, 0.717) is 10.9 Å². The fourth-order valence-corrected chi connectivity index (χ4v) is 3.51. The molecule has 1 heterocycles. The lowest BCUT2D eigenvalue weighted by atomic mass is 10.0. The molecule has 0 aliphatic rings. The van der Waals surface area contributed by atoms with Crippen molar-refractivity contribution >= 4 is 47.8 Å². The molecule has 106 valence electrons. The van der Waals surface area contributed by atoms with Crippen LogP contribution in [0.5, 0.6) is 0 Å². The fraction of sp³-hybridized carbons (Fsp3) is 0.154. The Morgan fingerprint density at radius 3 is 2.55 bits per heavy atom. The number of pyridine rings is 1. The van der Waals surface area contributed by atoms with E-state index in [9.17, 15) is 4.39 Å². The Kier molecular flexibility index (Phi) is 5.68. The molecule has 2 rings (SSSR count). The zero-order valence-corrected chi connectivity index (χ0v) is 15.0. The molecule has 1 unspecified atom stereocenters. The van der Waals surface area contributed by atoms with Crippen molar-refractivity contribution in [3.63, 3.8) is 0 Å². The molecule has 0 saturated heterocycles. The SMILES string of the molecule is NNC(Cc1ccc(F)c(Br)c1)c1ncc(Br)cc1Br. The predicted molar refractivity (Wildman–Crippen MR) is 87.5 cm³/mol. The highest BCUT2D eigenvalue weighted by Gasteiger charge is 2.16. The molecule has 7 heteroatoms. The fourth-order valence-electron chi connectivity index (χ4n) is 1.82. The molecule has 3 N–H and O–H groups in total. The Morgan fingerprint density at radius 1 is 1.20 bits per heavy atom. The summed E-state index contributed by atoms with van der Waals surface area (Å²) >= 11 is 10.0. The third-order valence-electron chi connectivity index (χ3n) is 2.79. The molecule has 0 amide bonds. The number of nitrogens with zero attached hydrogens (tertiary/aromatic N) is 1. The summed E-state index contributed by atoms with van der Waals surface area (Å²) in [4.78, 5) is 4.36. The second kappa shape index (κ2) is 7.09. The number of hydrazine groups is 1. The highest BCUT2D eigenvalue weighted by atomic mass is 79.9. The standard InChI is InChI=1S/C13H11Br3FN3/c14-8-5-10(16)13(19-6-8)12(20-18)4-7-1-2-11(17)9(15)3-7/h1-3,5-6,12,20H,4,18H2. The minimum atomic E-state index is -0.283. The maximum Gasteiger partial charge on any atom is 0.137 e. The summed E-state index contributed by atoms with van der Waals surface area (Å²) in [6, 6.07) is 6.64. The van der Waals surface area contributed by atoms with Gasteiger partial charge in [0, 0.05) is 15.1 Å². The van der Waals surface area contributed by atoms with Crippen LogP contribution in [0.4, 0.5) is 4.39 Å². The second-order valence-corrected chi connectivity index (χ2v) is 6.82. The maximum absolute atomic E-state index is 13.2. The molecular weight excluding hydrogens is 457 g/mol. The minimum Gasteiger partial charge on any atom is -0.271 e. The first-order chi connectivity index (χ1) is 9.51. The molecule has 1 aromatic heterocycles. The number of hydrogen-bond acceptors (Lipinski definition) is 3. The van der Waals surface area contributed by atoms with Crippen molar-refractivity contribution < 1.29 is 4.39 Å². The molecule has 0 fully saturated rings. The monoisotopic (exact) mass is 465 g/mol. The van der Waals surface area contributed by atoms with Gasteiger partial charge in [0.2, 0.25) is 0 Å². The van der Waals surface area contributed by atoms with E-state index in [1.807, 2.05) is 6.07 Å². The molecule has 0 aliphatic heterocycles. The number of hydrogen-bond donors (Lipinski definition) is 2. The third-order valence-corrected chi connectivity index (χ3v) is 4.47. The van der Waals surface area contributed by atoms with Gasteiger partial charge in [0.1, 0.15) is 5.82 Å². The van der Waals surface area contributed by atoms with E-state index in [4.69, 9.17) is 5.84 Å². The van der Waals surface area contributed by atoms with Gasteiger partial charge in [0.15, 0.2) is 0 Å². The topological polar surface area (TPSA) is 50.9 Å². The zero-order valence-electron chi connectivity index (χ0n) is 10.2. The first-order valence-corrected chi connectivity index (χ1v) is 8.10. The number of aromatic nitrogens is 1. The first-order valence-electron chi connectivity index (χ1n) is 5.72. The normalized spacial score (nSPS) is 12.4. The van der Waals surface area contributed by atoms with Crippen LogP contribution in [0.25, 0.3) is 0 Å². The quantitative estimate of drug-likeness (QED) is 0.522. The van der Waals surface area contributed by atoms with Gasteiger partial charge >= 0.3 is 0 Å². The molecule has 1 aromatic carbocycles. The molecule has 2 aromatic rings. The van der Waals surface area contributed by atoms with Crippen LogP contribution in [-0.4, -0.2) is 4.98 Å². The van der Waals surface area contributed by atoms with Crippen LogP contribution in [0.1, 0.15) is 17.3 Å². The lowest BCUT2D eigenvalue weighted by Gasteiger charge is -2.17. The largest absolute Gasteiger partial charge is 0.271 e. The predicted octanol–water partition coefficient (Wildman–Crippen LogP) is 4.26. The highest BCUT2D eigenvalue weighted by Crippen LogP contribution is 2.27. The van der Waals surface area contributed by atoms with Gasteiger partial charge in [-0.3, -0.25) is 16.3 Å². The number of benzene rings is 1. The van der Waals surface area contributed by atoms with Crippen molar-refractivity contribution in [2.75, 3.05) is 0 Å². The van der Waals surface area contributed by atoms with E-state index in [-0.39, 0.29) is 11.9 Å². The molecule has 20 heavy (non-hydrogen) atoms. The van der Waals surface area contributed by atoms with Gasteiger partial charge in [0.05, 0.1) is 16.2 Å². The van der Waals surface area contributed by atoms with Crippen LogP contribution in [0.15, 0.2) is 43.9 Å². The van der Waals surface area contributed by atoms with Crippen LogP contribution in [0.3, 0.4) is 0 Å². The molecule has 0 spiro atoms. The van der Waals surface area contributed by atoms with E-state index in [0.717, 1.165) is 20.2 Å². The van der Waals surface area contributed by atoms with Gasteiger partial charge in [-0.15, -0.1) is 0 Å². The zero-order chi connectivity index (χ0) is 14.7. The molecule has 1 atom stereocenters. The third kappa shape index (κ3) is 3.85. The van der Waals surface area contributed by atoms with Gasteiger partial charge < -0.3 is 0 Å². The van der Waals surface area contributed by atoms with Crippen molar-refractivity contribution in [3.05, 3.63) is 61.0 Å². The summed E-state index contributed by atoms with van der Waals surface area (Å²) in [7, 11) is 0. The Hall–Kier alpha value is -0.340. The Balaban J connectivity index is 2.26. The van der Waals surface area contributed by atoms with E-state index in [1.54, 1.807) is 18.3 Å². The highest BCUT2D eigenvalue weighted by molar-refractivity contribution is 9.11. The number of rotatable bonds is 4. The molecule has 0 radical (unpaired) electrons. The van der Waals surface area contributed by atoms with E-state index < -0.39 is 0 Å². The van der Waals surface area contributed by atoms with E-state index in [2.05, 4.69) is 58.2 Å². The lowest BCUT2D eigenvalue weighted by molar-refractivity contribution is 0.534. The van der Waals surface area contributed by atoms with Crippen LogP contribution in [0.2, 0.25) is 0 Å². The summed E-state index contributed by atoms with van der Waals surface area (Å²) in [5.41, 5.74) is 4.50. The summed E-state index contributed by atoms with van der Waals surface area (Å²) in [5.74, 6) is 5.34. The van der Waals surface area contributed by atoms with E-state index in [1.165, 1.54) is 6.07 Å². The van der Waals surface area contributed by atoms with Crippen LogP contribution < -0.4 is 11.3 Å². The molecule has 0 aliphatic carbocycles. The van der Waals surface area contributed by atoms with Gasteiger partial charge in [0.25, 0.3) is 0 Å². The first kappa shape index (κ1) is 16.0. The van der Waals surface area contributed by atoms with Crippen molar-refractivity contribution in [1.29, 1.82) is 0 Å². The second-order valence-electron chi connectivity index (χ2n) is 4.19. The number of halogens is 4. The minimum absolute atomic E-state index is 0.171. The number of nitrogens with one attached hydrogen (secondary N) is 1. The Morgan fingerprint density at radius 2 is 1.95 bits per heavy atom. The lowest BCUT2D eigenvalue weighted by Crippen LogP contribution is -2.30. The van der Waals surface area contributed by atoms with Crippen LogP contribution in [0, 0.1) is 5.82 Å². The van der Waals surface area contributed by atoms with Crippen LogP contribution >= 0.6 is 47.8 Å². The summed E-state index contributed by atoms with van der Waals surface area (Å²) in [6.45, 7) is 0. The van der Waals surface area contributed by atoms with Crippen molar-refractivity contribution in [1.82, 2.24) is 10.4 Å². The molecule has 0 saturated carbocycles. The average molecular weight is 468 g/mol. The summed E-state index contributed by atoms with van der Waals surface area (Å²) in [6.07, 6.45) is 2.31. The Bertz CT molecular complexity index is 622. The van der Waals surface area contributed by atoms with Gasteiger partial charge in [-0.05, 0) is 78.0 Å². The maximum atomic E-state index is 13.2. The van der Waals surface area contributed by atoms with Gasteiger partial charge in [-0.1, -0.05) is 6.07 Å². The van der Waals surface area contributed by atoms with Crippen LogP contribution in [-0.2, 0) is 6.42 Å².